The molecule has 0 aromatic carbocycles. The van der Waals surface area contributed by atoms with Crippen molar-refractivity contribution in [3.8, 4) is 0 Å². The van der Waals surface area contributed by atoms with Crippen molar-refractivity contribution in [3.05, 3.63) is 0 Å². The molecule has 0 bridgehead atoms. The Morgan fingerprint density at radius 3 is 2.82 bits per heavy atom. The summed E-state index contributed by atoms with van der Waals surface area (Å²) < 4.78 is 4.72. The third-order valence-corrected chi connectivity index (χ3v) is 1.23. The number of methoxy groups -OCH3 is 1. The number of amides is 1. The number of rotatable bonds is 5. The van der Waals surface area contributed by atoms with Crippen molar-refractivity contribution < 1.29 is 9.53 Å². The molecule has 0 aromatic heterocycles. The highest BCUT2D eigenvalue weighted by molar-refractivity contribution is 5.81. The van der Waals surface area contributed by atoms with E-state index in [1.165, 1.54) is 7.11 Å². The van der Waals surface area contributed by atoms with E-state index in [9.17, 15) is 4.79 Å². The van der Waals surface area contributed by atoms with Gasteiger partial charge in [-0.15, -0.1) is 0 Å². The molecule has 0 fully saturated rings. The molecule has 0 rings (SSSR count). The summed E-state index contributed by atoms with van der Waals surface area (Å²) in [5, 5.41) is 2.67. The maximum absolute atomic E-state index is 11.0. The largest absolute Gasteiger partial charge is 0.383 e. The number of carbonyl (C=O) groups excluding carboxylic acids is 1. The lowest BCUT2D eigenvalue weighted by atomic mass is 10.3. The van der Waals surface area contributed by atoms with E-state index in [0.29, 0.717) is 6.54 Å². The second kappa shape index (κ2) is 6.12. The third kappa shape index (κ3) is 4.75. The average molecular weight is 160 g/mol. The summed E-state index contributed by atoms with van der Waals surface area (Å²) in [6, 6.07) is -0.536. The lowest BCUT2D eigenvalue weighted by Crippen LogP contribution is -2.43. The highest BCUT2D eigenvalue weighted by atomic mass is 16.5. The Labute approximate surface area is 67.1 Å². The first-order chi connectivity index (χ1) is 5.22. The van der Waals surface area contributed by atoms with Crippen molar-refractivity contribution in [2.75, 3.05) is 20.3 Å². The van der Waals surface area contributed by atoms with Crippen LogP contribution in [0.15, 0.2) is 0 Å². The van der Waals surface area contributed by atoms with Crippen LogP contribution in [0.25, 0.3) is 0 Å². The van der Waals surface area contributed by atoms with Gasteiger partial charge in [0.15, 0.2) is 0 Å². The quantitative estimate of drug-likeness (QED) is 0.569. The molecular weight excluding hydrogens is 144 g/mol. The highest BCUT2D eigenvalue weighted by Crippen LogP contribution is 1.80. The Morgan fingerprint density at radius 1 is 1.73 bits per heavy atom. The van der Waals surface area contributed by atoms with E-state index < -0.39 is 6.04 Å². The number of hydrogen-bond acceptors (Lipinski definition) is 3. The zero-order valence-electron chi connectivity index (χ0n) is 7.09. The van der Waals surface area contributed by atoms with Gasteiger partial charge >= 0.3 is 0 Å². The van der Waals surface area contributed by atoms with Gasteiger partial charge in [0.1, 0.15) is 6.04 Å². The maximum atomic E-state index is 11.0. The van der Waals surface area contributed by atoms with Crippen LogP contribution in [0.5, 0.6) is 0 Å². The standard InChI is InChI=1S/C7H16N2O2/c1-3-4-9-7(10)6(8)5-11-2/h6H,3-5,8H2,1-2H3,(H,9,10)/t6-/m0/s1. The summed E-state index contributed by atoms with van der Waals surface area (Å²) >= 11 is 0. The van der Waals surface area contributed by atoms with Crippen LogP contribution in [0.1, 0.15) is 13.3 Å². The van der Waals surface area contributed by atoms with Crippen molar-refractivity contribution in [1.82, 2.24) is 5.32 Å². The van der Waals surface area contributed by atoms with Gasteiger partial charge < -0.3 is 15.8 Å². The van der Waals surface area contributed by atoms with Gasteiger partial charge in [0.05, 0.1) is 6.61 Å². The molecule has 0 aromatic rings. The van der Waals surface area contributed by atoms with Crippen LogP contribution in [-0.4, -0.2) is 32.2 Å². The summed E-state index contributed by atoms with van der Waals surface area (Å²) in [6.07, 6.45) is 0.922. The summed E-state index contributed by atoms with van der Waals surface area (Å²) in [5.74, 6) is -0.145. The maximum Gasteiger partial charge on any atom is 0.239 e. The van der Waals surface area contributed by atoms with Crippen LogP contribution in [0.2, 0.25) is 0 Å². The van der Waals surface area contributed by atoms with Gasteiger partial charge in [0.25, 0.3) is 0 Å². The van der Waals surface area contributed by atoms with Crippen LogP contribution in [-0.2, 0) is 9.53 Å². The molecule has 0 heterocycles. The van der Waals surface area contributed by atoms with Gasteiger partial charge in [-0.1, -0.05) is 6.92 Å². The first-order valence-corrected chi connectivity index (χ1v) is 3.74. The molecule has 0 saturated heterocycles. The number of nitrogens with one attached hydrogen (secondary N) is 1. The summed E-state index contributed by atoms with van der Waals surface area (Å²) in [7, 11) is 1.52. The summed E-state index contributed by atoms with van der Waals surface area (Å²) in [6.45, 7) is 2.94. The number of carbonyl (C=O) groups is 1. The van der Waals surface area contributed by atoms with Crippen LogP contribution in [0.4, 0.5) is 0 Å². The fourth-order valence-electron chi connectivity index (χ4n) is 0.635. The van der Waals surface area contributed by atoms with Gasteiger partial charge in [-0.2, -0.15) is 0 Å². The van der Waals surface area contributed by atoms with Crippen LogP contribution < -0.4 is 11.1 Å². The molecular formula is C7H16N2O2. The number of hydrogen-bond donors (Lipinski definition) is 2. The Balaban J connectivity index is 3.47. The zero-order chi connectivity index (χ0) is 8.69. The van der Waals surface area contributed by atoms with Gasteiger partial charge in [-0.25, -0.2) is 0 Å². The average Bonchev–Trinajstić information content (AvgIpc) is 2.00. The summed E-state index contributed by atoms with van der Waals surface area (Å²) in [4.78, 5) is 11.0. The minimum atomic E-state index is -0.536. The van der Waals surface area contributed by atoms with Crippen molar-refractivity contribution in [3.63, 3.8) is 0 Å². The zero-order valence-corrected chi connectivity index (χ0v) is 7.09. The molecule has 0 aliphatic carbocycles. The first-order valence-electron chi connectivity index (χ1n) is 3.74. The summed E-state index contributed by atoms with van der Waals surface area (Å²) in [5.41, 5.74) is 5.43. The number of nitrogens with two attached hydrogens (primary N) is 1. The molecule has 66 valence electrons. The molecule has 4 heteroatoms. The van der Waals surface area contributed by atoms with E-state index in [1.807, 2.05) is 6.92 Å². The molecule has 0 saturated carbocycles. The fourth-order valence-corrected chi connectivity index (χ4v) is 0.635. The van der Waals surface area contributed by atoms with Crippen molar-refractivity contribution in [2.45, 2.75) is 19.4 Å². The first kappa shape index (κ1) is 10.4. The van der Waals surface area contributed by atoms with E-state index in [2.05, 4.69) is 5.32 Å². The normalized spacial score (nSPS) is 12.6. The molecule has 0 unspecified atom stereocenters. The highest BCUT2D eigenvalue weighted by Gasteiger charge is 2.10. The third-order valence-electron chi connectivity index (χ3n) is 1.23. The Bertz CT molecular complexity index is 117. The minimum Gasteiger partial charge on any atom is -0.383 e. The predicted molar refractivity (Wildman–Crippen MR) is 43.2 cm³/mol. The Kier molecular flexibility index (Phi) is 5.78. The second-order valence-corrected chi connectivity index (χ2v) is 2.35. The van der Waals surface area contributed by atoms with E-state index >= 15 is 0 Å². The lowest BCUT2D eigenvalue weighted by Gasteiger charge is -2.09. The van der Waals surface area contributed by atoms with Gasteiger partial charge in [-0.05, 0) is 6.42 Å². The second-order valence-electron chi connectivity index (χ2n) is 2.35. The molecule has 0 aliphatic rings. The van der Waals surface area contributed by atoms with Crippen molar-refractivity contribution in [1.29, 1.82) is 0 Å². The van der Waals surface area contributed by atoms with Crippen LogP contribution >= 0.6 is 0 Å². The van der Waals surface area contributed by atoms with E-state index in [-0.39, 0.29) is 12.5 Å². The minimum absolute atomic E-state index is 0.145. The van der Waals surface area contributed by atoms with Crippen LogP contribution in [0.3, 0.4) is 0 Å². The van der Waals surface area contributed by atoms with Crippen molar-refractivity contribution in [2.24, 2.45) is 5.73 Å². The molecule has 4 nitrogen and oxygen atoms in total. The van der Waals surface area contributed by atoms with Crippen molar-refractivity contribution >= 4 is 5.91 Å². The van der Waals surface area contributed by atoms with Gasteiger partial charge in [0.2, 0.25) is 5.91 Å². The SMILES string of the molecule is CCCNC(=O)[C@@H](N)COC. The fraction of sp³-hybridized carbons (Fsp3) is 0.857. The monoisotopic (exact) mass is 160 g/mol. The Morgan fingerprint density at radius 2 is 2.36 bits per heavy atom. The molecule has 1 amide bonds. The topological polar surface area (TPSA) is 64.4 Å². The Hall–Kier alpha value is -0.610. The van der Waals surface area contributed by atoms with E-state index in [1.54, 1.807) is 0 Å². The smallest absolute Gasteiger partial charge is 0.239 e. The predicted octanol–water partition coefficient (Wildman–Crippen LogP) is -0.514. The molecule has 0 radical (unpaired) electrons. The van der Waals surface area contributed by atoms with Crippen LogP contribution in [0, 0.1) is 0 Å². The van der Waals surface area contributed by atoms with E-state index in [0.717, 1.165) is 6.42 Å². The molecule has 1 atom stereocenters. The molecule has 3 N–H and O–H groups in total. The van der Waals surface area contributed by atoms with Gasteiger partial charge in [-0.3, -0.25) is 4.79 Å². The molecule has 0 aliphatic heterocycles. The number of ether oxygens (including phenoxy) is 1. The lowest BCUT2D eigenvalue weighted by molar-refractivity contribution is -0.123. The van der Waals surface area contributed by atoms with E-state index in [4.69, 9.17) is 10.5 Å². The molecule has 0 spiro atoms. The molecule has 11 heavy (non-hydrogen) atoms. The van der Waals surface area contributed by atoms with Gasteiger partial charge in [0, 0.05) is 13.7 Å².